The van der Waals surface area contributed by atoms with E-state index in [0.717, 1.165) is 24.2 Å². The van der Waals surface area contributed by atoms with E-state index in [1.807, 2.05) is 38.1 Å². The van der Waals surface area contributed by atoms with Gasteiger partial charge < -0.3 is 20.5 Å². The standard InChI is InChI=1S/C27H27N5O3/c1-27(2)13-17-11-21(31-26(33)20-14-30-32-9-5-8-29-25(20)32)23(12-22(17)35-27)34-15-18-10-16-6-3-4-7-19(16)24(18)28/h3-9,11-12,14,18,24H,10,13,15,28H2,1-2H3,(H,31,33)/t18-,24+/m0/s1. The number of carbonyl (C=O) groups is 1. The Labute approximate surface area is 203 Å². The Bertz CT molecular complexity index is 1440. The summed E-state index contributed by atoms with van der Waals surface area (Å²) in [5.41, 5.74) is 11.2. The van der Waals surface area contributed by atoms with Crippen LogP contribution in [0.2, 0.25) is 0 Å². The number of rotatable bonds is 5. The SMILES string of the molecule is CC1(C)Cc2cc(NC(=O)c3cnn4cccnc34)c(OC[C@@H]3Cc4ccccc4[C@@H]3N)cc2O1. The lowest BCUT2D eigenvalue weighted by Crippen LogP contribution is -2.24. The number of hydrogen-bond donors (Lipinski definition) is 2. The van der Waals surface area contributed by atoms with Crippen LogP contribution in [-0.4, -0.2) is 32.7 Å². The molecule has 3 heterocycles. The van der Waals surface area contributed by atoms with Crippen LogP contribution in [0, 0.1) is 5.92 Å². The van der Waals surface area contributed by atoms with E-state index in [1.54, 1.807) is 23.0 Å². The first kappa shape index (κ1) is 21.6. The van der Waals surface area contributed by atoms with Crippen LogP contribution < -0.4 is 20.5 Å². The smallest absolute Gasteiger partial charge is 0.261 e. The van der Waals surface area contributed by atoms with Crippen molar-refractivity contribution in [1.29, 1.82) is 0 Å². The van der Waals surface area contributed by atoms with E-state index in [9.17, 15) is 4.79 Å². The Balaban J connectivity index is 1.28. The number of amides is 1. The molecule has 178 valence electrons. The van der Waals surface area contributed by atoms with E-state index in [1.165, 1.54) is 17.3 Å². The number of benzene rings is 2. The predicted octanol–water partition coefficient (Wildman–Crippen LogP) is 3.95. The number of anilines is 1. The molecule has 2 aromatic heterocycles. The van der Waals surface area contributed by atoms with Crippen molar-refractivity contribution >= 4 is 17.2 Å². The van der Waals surface area contributed by atoms with Crippen LogP contribution in [0.5, 0.6) is 11.5 Å². The molecule has 2 atom stereocenters. The van der Waals surface area contributed by atoms with Crippen molar-refractivity contribution in [2.75, 3.05) is 11.9 Å². The summed E-state index contributed by atoms with van der Waals surface area (Å²) in [5.74, 6) is 1.18. The topological polar surface area (TPSA) is 104 Å². The van der Waals surface area contributed by atoms with Crippen molar-refractivity contribution < 1.29 is 14.3 Å². The van der Waals surface area contributed by atoms with Crippen molar-refractivity contribution in [1.82, 2.24) is 14.6 Å². The molecule has 0 radical (unpaired) electrons. The fourth-order valence-electron chi connectivity index (χ4n) is 5.09. The van der Waals surface area contributed by atoms with Crippen molar-refractivity contribution in [3.8, 4) is 11.5 Å². The molecule has 8 nitrogen and oxygen atoms in total. The zero-order chi connectivity index (χ0) is 24.2. The molecule has 0 fully saturated rings. The van der Waals surface area contributed by atoms with Gasteiger partial charge in [0, 0.05) is 42.4 Å². The molecule has 0 saturated heterocycles. The quantitative estimate of drug-likeness (QED) is 0.459. The van der Waals surface area contributed by atoms with Crippen LogP contribution in [0.4, 0.5) is 5.69 Å². The zero-order valence-corrected chi connectivity index (χ0v) is 19.7. The van der Waals surface area contributed by atoms with Gasteiger partial charge in [0.05, 0.1) is 18.5 Å². The summed E-state index contributed by atoms with van der Waals surface area (Å²) in [6.07, 6.45) is 6.52. The van der Waals surface area contributed by atoms with Gasteiger partial charge in [-0.3, -0.25) is 4.79 Å². The first-order chi connectivity index (χ1) is 16.9. The number of hydrogen-bond acceptors (Lipinski definition) is 6. The molecule has 1 amide bonds. The highest BCUT2D eigenvalue weighted by Gasteiger charge is 2.33. The van der Waals surface area contributed by atoms with Gasteiger partial charge in [-0.05, 0) is 43.5 Å². The number of carbonyl (C=O) groups excluding carboxylic acids is 1. The first-order valence-electron chi connectivity index (χ1n) is 11.8. The van der Waals surface area contributed by atoms with Gasteiger partial charge in [-0.25, -0.2) is 9.50 Å². The molecule has 0 unspecified atom stereocenters. The van der Waals surface area contributed by atoms with E-state index in [-0.39, 0.29) is 23.5 Å². The van der Waals surface area contributed by atoms with Crippen LogP contribution >= 0.6 is 0 Å². The average molecular weight is 470 g/mol. The van der Waals surface area contributed by atoms with Crippen LogP contribution in [-0.2, 0) is 12.8 Å². The molecule has 0 saturated carbocycles. The Morgan fingerprint density at radius 2 is 2.11 bits per heavy atom. The number of ether oxygens (including phenoxy) is 2. The first-order valence-corrected chi connectivity index (χ1v) is 11.8. The molecule has 3 N–H and O–H groups in total. The van der Waals surface area contributed by atoms with E-state index < -0.39 is 0 Å². The van der Waals surface area contributed by atoms with E-state index in [2.05, 4.69) is 27.5 Å². The second-order valence-electron chi connectivity index (χ2n) is 9.89. The van der Waals surface area contributed by atoms with Crippen molar-refractivity contribution in [2.24, 2.45) is 11.7 Å². The van der Waals surface area contributed by atoms with Crippen molar-refractivity contribution in [3.05, 3.63) is 83.3 Å². The lowest BCUT2D eigenvalue weighted by molar-refractivity contribution is 0.102. The highest BCUT2D eigenvalue weighted by atomic mass is 16.5. The van der Waals surface area contributed by atoms with Crippen molar-refractivity contribution in [2.45, 2.75) is 38.3 Å². The number of nitrogens with one attached hydrogen (secondary N) is 1. The van der Waals surface area contributed by atoms with Gasteiger partial charge in [-0.15, -0.1) is 0 Å². The number of aromatic nitrogens is 3. The van der Waals surface area contributed by atoms with Crippen molar-refractivity contribution in [3.63, 3.8) is 0 Å². The number of fused-ring (bicyclic) bond motifs is 3. The molecule has 1 aliphatic carbocycles. The second kappa shape index (κ2) is 8.09. The fraction of sp³-hybridized carbons (Fsp3) is 0.296. The van der Waals surface area contributed by atoms with Gasteiger partial charge in [-0.2, -0.15) is 5.10 Å². The normalized spacial score (nSPS) is 19.7. The Kier molecular flexibility index (Phi) is 5.00. The Morgan fingerprint density at radius 3 is 2.97 bits per heavy atom. The molecule has 8 heteroatoms. The molecule has 1 aliphatic heterocycles. The van der Waals surface area contributed by atoms with Gasteiger partial charge in [0.2, 0.25) is 0 Å². The van der Waals surface area contributed by atoms with Gasteiger partial charge in [-0.1, -0.05) is 24.3 Å². The maximum Gasteiger partial charge on any atom is 0.261 e. The van der Waals surface area contributed by atoms with Gasteiger partial charge in [0.1, 0.15) is 22.7 Å². The maximum atomic E-state index is 13.2. The summed E-state index contributed by atoms with van der Waals surface area (Å²) in [6, 6.07) is 13.8. The lowest BCUT2D eigenvalue weighted by Gasteiger charge is -2.20. The summed E-state index contributed by atoms with van der Waals surface area (Å²) in [7, 11) is 0. The van der Waals surface area contributed by atoms with Gasteiger partial charge in [0.25, 0.3) is 5.91 Å². The number of nitrogens with zero attached hydrogens (tertiary/aromatic N) is 3. The highest BCUT2D eigenvalue weighted by molar-refractivity contribution is 6.08. The van der Waals surface area contributed by atoms with Crippen LogP contribution in [0.1, 0.15) is 46.9 Å². The van der Waals surface area contributed by atoms with E-state index >= 15 is 0 Å². The summed E-state index contributed by atoms with van der Waals surface area (Å²) in [4.78, 5) is 17.5. The summed E-state index contributed by atoms with van der Waals surface area (Å²) < 4.78 is 14.0. The molecule has 2 aromatic carbocycles. The minimum Gasteiger partial charge on any atom is -0.491 e. The van der Waals surface area contributed by atoms with Gasteiger partial charge in [0.15, 0.2) is 5.65 Å². The molecule has 2 aliphatic rings. The third-order valence-electron chi connectivity index (χ3n) is 6.79. The third kappa shape index (κ3) is 3.89. The maximum absolute atomic E-state index is 13.2. The third-order valence-corrected chi connectivity index (χ3v) is 6.79. The zero-order valence-electron chi connectivity index (χ0n) is 19.7. The molecule has 0 bridgehead atoms. The summed E-state index contributed by atoms with van der Waals surface area (Å²) in [6.45, 7) is 4.52. The molecule has 35 heavy (non-hydrogen) atoms. The highest BCUT2D eigenvalue weighted by Crippen LogP contribution is 2.42. The Morgan fingerprint density at radius 1 is 1.26 bits per heavy atom. The largest absolute Gasteiger partial charge is 0.491 e. The summed E-state index contributed by atoms with van der Waals surface area (Å²) in [5, 5.41) is 7.25. The van der Waals surface area contributed by atoms with Crippen LogP contribution in [0.15, 0.2) is 61.1 Å². The molecule has 4 aromatic rings. The second-order valence-corrected chi connectivity index (χ2v) is 9.89. The molecule has 0 spiro atoms. The fourth-order valence-corrected chi connectivity index (χ4v) is 5.09. The average Bonchev–Trinajstić information content (AvgIpc) is 3.49. The predicted molar refractivity (Wildman–Crippen MR) is 132 cm³/mol. The van der Waals surface area contributed by atoms with E-state index in [4.69, 9.17) is 15.2 Å². The lowest BCUT2D eigenvalue weighted by atomic mass is 10.0. The molecular formula is C27H27N5O3. The molecule has 6 rings (SSSR count). The Hall–Kier alpha value is -3.91. The van der Waals surface area contributed by atoms with E-state index in [0.29, 0.717) is 29.3 Å². The monoisotopic (exact) mass is 469 g/mol. The van der Waals surface area contributed by atoms with Crippen LogP contribution in [0.25, 0.3) is 5.65 Å². The van der Waals surface area contributed by atoms with Gasteiger partial charge >= 0.3 is 0 Å². The molecular weight excluding hydrogens is 442 g/mol. The minimum absolute atomic E-state index is 0.0845. The number of nitrogens with two attached hydrogens (primary N) is 1. The summed E-state index contributed by atoms with van der Waals surface area (Å²) >= 11 is 0. The minimum atomic E-state index is -0.315. The van der Waals surface area contributed by atoms with Crippen LogP contribution in [0.3, 0.4) is 0 Å².